The van der Waals surface area contributed by atoms with Crippen LogP contribution in [0.2, 0.25) is 0 Å². The van der Waals surface area contributed by atoms with Gasteiger partial charge in [0, 0.05) is 12.0 Å². The third kappa shape index (κ3) is 3.38. The summed E-state index contributed by atoms with van der Waals surface area (Å²) in [6.45, 7) is 5.00. The first kappa shape index (κ1) is 15.4. The standard InChI is InChI=1S/C15H23NO3S/c1-4-19-15(7-5-6-11(2)9-15)14-16-12(10-20-14)8-13(17)18-3/h10-11H,4-9H2,1-3H3. The molecule has 2 rings (SSSR count). The maximum atomic E-state index is 11.3. The van der Waals surface area contributed by atoms with Gasteiger partial charge in [-0.15, -0.1) is 11.3 Å². The SMILES string of the molecule is CCOC1(c2nc(CC(=O)OC)cs2)CCCC(C)C1. The van der Waals surface area contributed by atoms with Gasteiger partial charge in [-0.3, -0.25) is 4.79 Å². The van der Waals surface area contributed by atoms with Crippen LogP contribution >= 0.6 is 11.3 Å². The van der Waals surface area contributed by atoms with Crippen LogP contribution < -0.4 is 0 Å². The minimum atomic E-state index is -0.246. The van der Waals surface area contributed by atoms with E-state index in [2.05, 4.69) is 11.9 Å². The van der Waals surface area contributed by atoms with E-state index in [1.165, 1.54) is 20.0 Å². The van der Waals surface area contributed by atoms with E-state index in [0.717, 1.165) is 23.5 Å². The van der Waals surface area contributed by atoms with E-state index in [4.69, 9.17) is 9.47 Å². The molecule has 112 valence electrons. The lowest BCUT2D eigenvalue weighted by molar-refractivity contribution is -0.139. The molecular formula is C15H23NO3S. The van der Waals surface area contributed by atoms with Crippen molar-refractivity contribution in [1.29, 1.82) is 0 Å². The zero-order valence-electron chi connectivity index (χ0n) is 12.5. The van der Waals surface area contributed by atoms with Gasteiger partial charge in [0.25, 0.3) is 0 Å². The van der Waals surface area contributed by atoms with Gasteiger partial charge in [-0.25, -0.2) is 4.98 Å². The Balaban J connectivity index is 2.19. The predicted octanol–water partition coefficient (Wildman–Crippen LogP) is 3.30. The zero-order chi connectivity index (χ0) is 14.6. The number of rotatable bonds is 5. The van der Waals surface area contributed by atoms with Gasteiger partial charge < -0.3 is 9.47 Å². The highest BCUT2D eigenvalue weighted by Crippen LogP contribution is 2.44. The van der Waals surface area contributed by atoms with Crippen molar-refractivity contribution < 1.29 is 14.3 Å². The number of thiazole rings is 1. The predicted molar refractivity (Wildman–Crippen MR) is 78.8 cm³/mol. The summed E-state index contributed by atoms with van der Waals surface area (Å²) in [5, 5.41) is 2.97. The molecule has 0 saturated heterocycles. The first-order chi connectivity index (χ1) is 9.59. The number of hydrogen-bond acceptors (Lipinski definition) is 5. The van der Waals surface area contributed by atoms with Crippen LogP contribution in [0, 0.1) is 5.92 Å². The fourth-order valence-corrected chi connectivity index (χ4v) is 4.00. The van der Waals surface area contributed by atoms with Crippen molar-refractivity contribution in [2.45, 2.75) is 51.6 Å². The normalized spacial score (nSPS) is 26.4. The Morgan fingerprint density at radius 1 is 1.60 bits per heavy atom. The molecule has 1 aliphatic rings. The van der Waals surface area contributed by atoms with Crippen molar-refractivity contribution in [3.63, 3.8) is 0 Å². The lowest BCUT2D eigenvalue weighted by Crippen LogP contribution is -2.35. The number of nitrogens with zero attached hydrogens (tertiary/aromatic N) is 1. The van der Waals surface area contributed by atoms with Gasteiger partial charge in [-0.1, -0.05) is 13.3 Å². The Morgan fingerprint density at radius 3 is 3.05 bits per heavy atom. The minimum Gasteiger partial charge on any atom is -0.469 e. The maximum absolute atomic E-state index is 11.3. The number of hydrogen-bond donors (Lipinski definition) is 0. The van der Waals surface area contributed by atoms with Gasteiger partial charge in [0.05, 0.1) is 19.2 Å². The van der Waals surface area contributed by atoms with Crippen molar-refractivity contribution in [2.75, 3.05) is 13.7 Å². The Labute approximate surface area is 124 Å². The first-order valence-electron chi connectivity index (χ1n) is 7.25. The topological polar surface area (TPSA) is 48.4 Å². The summed E-state index contributed by atoms with van der Waals surface area (Å²) in [6, 6.07) is 0. The van der Waals surface area contributed by atoms with E-state index >= 15 is 0 Å². The van der Waals surface area contributed by atoms with Crippen LogP contribution in [0.5, 0.6) is 0 Å². The molecule has 0 radical (unpaired) electrons. The Bertz CT molecular complexity index is 456. The van der Waals surface area contributed by atoms with Crippen LogP contribution in [0.4, 0.5) is 0 Å². The molecule has 2 atom stereocenters. The molecule has 2 unspecified atom stereocenters. The van der Waals surface area contributed by atoms with E-state index in [1.807, 2.05) is 12.3 Å². The molecule has 1 saturated carbocycles. The van der Waals surface area contributed by atoms with Crippen LogP contribution in [-0.4, -0.2) is 24.7 Å². The van der Waals surface area contributed by atoms with E-state index < -0.39 is 0 Å². The summed E-state index contributed by atoms with van der Waals surface area (Å²) in [5.41, 5.74) is 0.542. The van der Waals surface area contributed by atoms with Crippen LogP contribution in [0.15, 0.2) is 5.38 Å². The van der Waals surface area contributed by atoms with Crippen molar-refractivity contribution in [3.05, 3.63) is 16.1 Å². The number of aromatic nitrogens is 1. The zero-order valence-corrected chi connectivity index (χ0v) is 13.3. The van der Waals surface area contributed by atoms with Gasteiger partial charge in [0.15, 0.2) is 0 Å². The average Bonchev–Trinajstić information content (AvgIpc) is 2.88. The Kier molecular flexibility index (Phi) is 5.16. The number of carbonyl (C=O) groups is 1. The van der Waals surface area contributed by atoms with E-state index in [1.54, 1.807) is 11.3 Å². The number of ether oxygens (including phenoxy) is 2. The molecule has 1 heterocycles. The van der Waals surface area contributed by atoms with E-state index in [0.29, 0.717) is 12.5 Å². The number of esters is 1. The average molecular weight is 297 g/mol. The largest absolute Gasteiger partial charge is 0.469 e. The van der Waals surface area contributed by atoms with Gasteiger partial charge in [-0.2, -0.15) is 0 Å². The maximum Gasteiger partial charge on any atom is 0.311 e. The molecule has 0 amide bonds. The summed E-state index contributed by atoms with van der Waals surface area (Å²) in [4.78, 5) is 16.0. The Morgan fingerprint density at radius 2 is 2.40 bits per heavy atom. The highest BCUT2D eigenvalue weighted by molar-refractivity contribution is 7.09. The highest BCUT2D eigenvalue weighted by atomic mass is 32.1. The molecule has 1 aromatic rings. The first-order valence-corrected chi connectivity index (χ1v) is 8.13. The third-order valence-electron chi connectivity index (χ3n) is 3.87. The summed E-state index contributed by atoms with van der Waals surface area (Å²) in [7, 11) is 1.40. The molecule has 0 aromatic carbocycles. The van der Waals surface area contributed by atoms with E-state index in [9.17, 15) is 4.79 Å². The molecule has 20 heavy (non-hydrogen) atoms. The smallest absolute Gasteiger partial charge is 0.311 e. The molecule has 5 heteroatoms. The molecule has 0 bridgehead atoms. The fraction of sp³-hybridized carbons (Fsp3) is 0.733. The molecule has 4 nitrogen and oxygen atoms in total. The molecule has 0 aliphatic heterocycles. The van der Waals surface area contributed by atoms with Crippen LogP contribution in [-0.2, 0) is 26.3 Å². The molecular weight excluding hydrogens is 274 g/mol. The molecule has 1 aromatic heterocycles. The third-order valence-corrected chi connectivity index (χ3v) is 4.95. The highest BCUT2D eigenvalue weighted by Gasteiger charge is 2.39. The second kappa shape index (κ2) is 6.68. The lowest BCUT2D eigenvalue weighted by Gasteiger charge is -2.38. The molecule has 0 N–H and O–H groups in total. The second-order valence-electron chi connectivity index (χ2n) is 5.53. The minimum absolute atomic E-state index is 0.241. The van der Waals surface area contributed by atoms with Crippen LogP contribution in [0.1, 0.15) is 50.2 Å². The molecule has 0 spiro atoms. The van der Waals surface area contributed by atoms with Gasteiger partial charge in [-0.05, 0) is 32.1 Å². The fourth-order valence-electron chi connectivity index (χ4n) is 2.98. The van der Waals surface area contributed by atoms with Crippen LogP contribution in [0.25, 0.3) is 0 Å². The number of carbonyl (C=O) groups excluding carboxylic acids is 1. The lowest BCUT2D eigenvalue weighted by atomic mass is 9.79. The molecule has 1 fully saturated rings. The van der Waals surface area contributed by atoms with Crippen molar-refractivity contribution in [3.8, 4) is 0 Å². The monoisotopic (exact) mass is 297 g/mol. The van der Waals surface area contributed by atoms with Crippen molar-refractivity contribution >= 4 is 17.3 Å². The number of methoxy groups -OCH3 is 1. The van der Waals surface area contributed by atoms with Crippen molar-refractivity contribution in [2.24, 2.45) is 5.92 Å². The Hall–Kier alpha value is -0.940. The van der Waals surface area contributed by atoms with Crippen molar-refractivity contribution in [1.82, 2.24) is 4.98 Å². The second-order valence-corrected chi connectivity index (χ2v) is 6.38. The van der Waals surface area contributed by atoms with Gasteiger partial charge in [0.2, 0.25) is 0 Å². The van der Waals surface area contributed by atoms with Gasteiger partial charge >= 0.3 is 5.97 Å². The summed E-state index contributed by atoms with van der Waals surface area (Å²) < 4.78 is 10.8. The van der Waals surface area contributed by atoms with E-state index in [-0.39, 0.29) is 18.0 Å². The quantitative estimate of drug-likeness (QED) is 0.782. The summed E-state index contributed by atoms with van der Waals surface area (Å²) in [5.74, 6) is 0.410. The van der Waals surface area contributed by atoms with Gasteiger partial charge in [0.1, 0.15) is 10.6 Å². The molecule has 1 aliphatic carbocycles. The summed E-state index contributed by atoms with van der Waals surface area (Å²) in [6.07, 6.45) is 4.72. The summed E-state index contributed by atoms with van der Waals surface area (Å²) >= 11 is 1.61. The van der Waals surface area contributed by atoms with Crippen LogP contribution in [0.3, 0.4) is 0 Å².